The molecule has 1 aliphatic heterocycles. The van der Waals surface area contributed by atoms with Crippen molar-refractivity contribution in [2.75, 3.05) is 0 Å². The van der Waals surface area contributed by atoms with E-state index in [1.165, 1.54) is 0 Å². The van der Waals surface area contributed by atoms with Crippen LogP contribution in [0, 0.1) is 6.92 Å². The molecule has 1 N–H and O–H groups in total. The Bertz CT molecular complexity index is 741. The molecule has 0 spiro atoms. The summed E-state index contributed by atoms with van der Waals surface area (Å²) in [6.45, 7) is 3.50. The molecule has 1 saturated heterocycles. The number of imide groups is 1. The van der Waals surface area contributed by atoms with Gasteiger partial charge in [0.05, 0.1) is 6.54 Å². The highest BCUT2D eigenvalue weighted by molar-refractivity contribution is 6.30. The Morgan fingerprint density at radius 3 is 2.59 bits per heavy atom. The van der Waals surface area contributed by atoms with E-state index in [0.717, 1.165) is 4.90 Å². The van der Waals surface area contributed by atoms with Gasteiger partial charge >= 0.3 is 6.03 Å². The molecule has 114 valence electrons. The molecule has 0 saturated carbocycles. The zero-order valence-corrected chi connectivity index (χ0v) is 12.8. The lowest BCUT2D eigenvalue weighted by atomic mass is 9.92. The standard InChI is InChI=1S/C15H14ClN3O3/c1-9-7-12(18-22-9)8-19-13(20)15(2,17-14(19)21)10-3-5-11(16)6-4-10/h3-7H,8H2,1-2H3,(H,17,21)/t15-/m1/s1. The molecule has 3 rings (SSSR count). The number of halogens is 1. The normalized spacial score (nSPS) is 21.3. The fraction of sp³-hybridized carbons (Fsp3) is 0.267. The Morgan fingerprint density at radius 1 is 1.32 bits per heavy atom. The van der Waals surface area contributed by atoms with Gasteiger partial charge in [-0.25, -0.2) is 4.79 Å². The summed E-state index contributed by atoms with van der Waals surface area (Å²) in [6, 6.07) is 8.06. The molecule has 7 heteroatoms. The fourth-order valence-electron chi connectivity index (χ4n) is 2.47. The summed E-state index contributed by atoms with van der Waals surface area (Å²) >= 11 is 5.87. The summed E-state index contributed by atoms with van der Waals surface area (Å²) in [5.41, 5.74) is 0.0934. The van der Waals surface area contributed by atoms with E-state index in [1.807, 2.05) is 0 Å². The third-order valence-electron chi connectivity index (χ3n) is 3.69. The maximum atomic E-state index is 12.7. The molecule has 0 radical (unpaired) electrons. The largest absolute Gasteiger partial charge is 0.361 e. The predicted octanol–water partition coefficient (Wildman–Crippen LogP) is 2.60. The molecular formula is C15H14ClN3O3. The van der Waals surface area contributed by atoms with Gasteiger partial charge in [-0.15, -0.1) is 0 Å². The number of hydrogen-bond donors (Lipinski definition) is 1. The first-order valence-corrected chi connectivity index (χ1v) is 7.10. The minimum Gasteiger partial charge on any atom is -0.361 e. The van der Waals surface area contributed by atoms with E-state index in [0.29, 0.717) is 22.0 Å². The van der Waals surface area contributed by atoms with Gasteiger partial charge in [0.25, 0.3) is 5.91 Å². The number of carbonyl (C=O) groups is 2. The Morgan fingerprint density at radius 2 is 2.00 bits per heavy atom. The van der Waals surface area contributed by atoms with Crippen molar-refractivity contribution >= 4 is 23.5 Å². The van der Waals surface area contributed by atoms with E-state index in [4.69, 9.17) is 16.1 Å². The average molecular weight is 320 g/mol. The summed E-state index contributed by atoms with van der Waals surface area (Å²) < 4.78 is 4.96. The number of urea groups is 1. The summed E-state index contributed by atoms with van der Waals surface area (Å²) in [5, 5.41) is 7.11. The van der Waals surface area contributed by atoms with E-state index < -0.39 is 11.6 Å². The van der Waals surface area contributed by atoms with Crippen LogP contribution in [-0.4, -0.2) is 22.0 Å². The molecule has 1 aliphatic rings. The number of amides is 3. The van der Waals surface area contributed by atoms with Crippen LogP contribution >= 0.6 is 11.6 Å². The second-order valence-corrected chi connectivity index (χ2v) is 5.82. The minimum atomic E-state index is -1.11. The van der Waals surface area contributed by atoms with Gasteiger partial charge in [0.2, 0.25) is 0 Å². The minimum absolute atomic E-state index is 0.0746. The number of carbonyl (C=O) groups excluding carboxylic acids is 2. The van der Waals surface area contributed by atoms with Gasteiger partial charge in [-0.2, -0.15) is 0 Å². The molecule has 1 atom stereocenters. The van der Waals surface area contributed by atoms with Crippen LogP contribution in [-0.2, 0) is 16.9 Å². The first-order chi connectivity index (χ1) is 10.4. The highest BCUT2D eigenvalue weighted by atomic mass is 35.5. The van der Waals surface area contributed by atoms with Gasteiger partial charge in [-0.3, -0.25) is 9.69 Å². The van der Waals surface area contributed by atoms with Gasteiger partial charge < -0.3 is 9.84 Å². The van der Waals surface area contributed by atoms with Crippen molar-refractivity contribution in [1.82, 2.24) is 15.4 Å². The van der Waals surface area contributed by atoms with Gasteiger partial charge in [0, 0.05) is 11.1 Å². The van der Waals surface area contributed by atoms with Crippen LogP contribution in [0.3, 0.4) is 0 Å². The van der Waals surface area contributed by atoms with E-state index in [9.17, 15) is 9.59 Å². The molecule has 0 aliphatic carbocycles. The van der Waals surface area contributed by atoms with Crippen molar-refractivity contribution in [3.8, 4) is 0 Å². The summed E-state index contributed by atoms with van der Waals surface area (Å²) in [6.07, 6.45) is 0. The SMILES string of the molecule is Cc1cc(CN2C(=O)N[C@](C)(c3ccc(Cl)cc3)C2=O)no1. The number of aryl methyl sites for hydroxylation is 1. The predicted molar refractivity (Wildman–Crippen MR) is 79.1 cm³/mol. The quantitative estimate of drug-likeness (QED) is 0.882. The third-order valence-corrected chi connectivity index (χ3v) is 3.95. The summed E-state index contributed by atoms with van der Waals surface area (Å²) in [7, 11) is 0. The van der Waals surface area contributed by atoms with Crippen LogP contribution in [0.25, 0.3) is 0 Å². The number of aromatic nitrogens is 1. The average Bonchev–Trinajstić information content (AvgIpc) is 2.97. The van der Waals surface area contributed by atoms with E-state index in [1.54, 1.807) is 44.2 Å². The van der Waals surface area contributed by atoms with Crippen LogP contribution in [0.5, 0.6) is 0 Å². The number of rotatable bonds is 3. The molecule has 1 aromatic heterocycles. The monoisotopic (exact) mass is 319 g/mol. The topological polar surface area (TPSA) is 75.4 Å². The molecular weight excluding hydrogens is 306 g/mol. The molecule has 22 heavy (non-hydrogen) atoms. The van der Waals surface area contributed by atoms with Crippen molar-refractivity contribution in [2.45, 2.75) is 25.9 Å². The summed E-state index contributed by atoms with van der Waals surface area (Å²) in [4.78, 5) is 26.0. The van der Waals surface area contributed by atoms with Crippen LogP contribution in [0.15, 0.2) is 34.9 Å². The maximum absolute atomic E-state index is 12.7. The number of benzene rings is 1. The molecule has 1 fully saturated rings. The molecule has 6 nitrogen and oxygen atoms in total. The maximum Gasteiger partial charge on any atom is 0.325 e. The summed E-state index contributed by atoms with van der Waals surface area (Å²) in [5.74, 6) is 0.294. The Labute approximate surface area is 132 Å². The van der Waals surface area contributed by atoms with Gasteiger partial charge in [0.15, 0.2) is 0 Å². The zero-order valence-electron chi connectivity index (χ0n) is 12.1. The lowest BCUT2D eigenvalue weighted by Gasteiger charge is -2.22. The molecule has 2 heterocycles. The van der Waals surface area contributed by atoms with Crippen LogP contribution in [0.2, 0.25) is 5.02 Å². The van der Waals surface area contributed by atoms with Crippen molar-refractivity contribution in [3.63, 3.8) is 0 Å². The number of nitrogens with zero attached hydrogens (tertiary/aromatic N) is 2. The molecule has 2 aromatic rings. The third kappa shape index (κ3) is 2.35. The van der Waals surface area contributed by atoms with Crippen molar-refractivity contribution in [2.24, 2.45) is 0 Å². The second-order valence-electron chi connectivity index (χ2n) is 5.38. The lowest BCUT2D eigenvalue weighted by molar-refractivity contribution is -0.131. The molecule has 0 bridgehead atoms. The Hall–Kier alpha value is -2.34. The molecule has 1 aromatic carbocycles. The first-order valence-electron chi connectivity index (χ1n) is 6.72. The zero-order chi connectivity index (χ0) is 15.9. The Balaban J connectivity index is 1.88. The van der Waals surface area contributed by atoms with E-state index >= 15 is 0 Å². The van der Waals surface area contributed by atoms with Crippen LogP contribution < -0.4 is 5.32 Å². The Kier molecular flexibility index (Phi) is 3.41. The van der Waals surface area contributed by atoms with Crippen LogP contribution in [0.4, 0.5) is 4.79 Å². The lowest BCUT2D eigenvalue weighted by Crippen LogP contribution is -2.40. The highest BCUT2D eigenvalue weighted by Crippen LogP contribution is 2.30. The second kappa shape index (κ2) is 5.14. The highest BCUT2D eigenvalue weighted by Gasteiger charge is 2.49. The van der Waals surface area contributed by atoms with Gasteiger partial charge in [0.1, 0.15) is 17.0 Å². The van der Waals surface area contributed by atoms with Crippen molar-refractivity contribution in [3.05, 3.63) is 52.4 Å². The van der Waals surface area contributed by atoms with Crippen molar-refractivity contribution < 1.29 is 14.1 Å². The van der Waals surface area contributed by atoms with Crippen molar-refractivity contribution in [1.29, 1.82) is 0 Å². The molecule has 0 unspecified atom stereocenters. The van der Waals surface area contributed by atoms with Gasteiger partial charge in [-0.1, -0.05) is 28.9 Å². The smallest absolute Gasteiger partial charge is 0.325 e. The van der Waals surface area contributed by atoms with Gasteiger partial charge in [-0.05, 0) is 31.5 Å². The molecule has 3 amide bonds. The van der Waals surface area contributed by atoms with E-state index in [-0.39, 0.29) is 12.5 Å². The first kappa shape index (κ1) is 14.6. The number of hydrogen-bond acceptors (Lipinski definition) is 4. The number of nitrogens with one attached hydrogen (secondary N) is 1. The van der Waals surface area contributed by atoms with E-state index in [2.05, 4.69) is 10.5 Å². The van der Waals surface area contributed by atoms with Crippen LogP contribution in [0.1, 0.15) is 23.9 Å². The fourth-order valence-corrected chi connectivity index (χ4v) is 2.60.